The van der Waals surface area contributed by atoms with Crippen molar-refractivity contribution < 1.29 is 116 Å². The SMILES string of the molecule is C.CC(C)c1cc(C(=Nc2ccc3c(c2)OCO3)NN)c(O)cc1O.CC(C)c1cc(C(=Nc2ccc3c(c2)OCO3)NNS(=O)(=O)c2ccccc2)c(O)cc1O.CC(C)c1cc(C(=S)Nc2ccc3c(c2)OCO3)c(O)cc1O.N=N.O.O=S(=O)(Cl)c1ccccc1.[HH].[Y]. The van der Waals surface area contributed by atoms with Gasteiger partial charge in [-0.1, -0.05) is 97.6 Å². The molecule has 0 saturated heterocycles. The number of fused-ring (bicyclic) bond motifs is 3. The number of nitrogens with zero attached hydrogens (tertiary/aromatic N) is 2. The zero-order chi connectivity index (χ0) is 67.0. The van der Waals surface area contributed by atoms with Crippen molar-refractivity contribution in [3.63, 3.8) is 0 Å². The van der Waals surface area contributed by atoms with Crippen LogP contribution in [0.2, 0.25) is 0 Å². The minimum atomic E-state index is -3.93. The Kier molecular flexibility index (Phi) is 29.3. The number of halogens is 1. The topological polar surface area (TPSA) is 423 Å². The summed E-state index contributed by atoms with van der Waals surface area (Å²) >= 11 is 5.38. The maximum Gasteiger partial charge on any atom is 0.261 e. The maximum absolute atomic E-state index is 12.7. The van der Waals surface area contributed by atoms with Crippen molar-refractivity contribution in [1.29, 1.82) is 11.1 Å². The molecule has 0 bridgehead atoms. The first-order valence-electron chi connectivity index (χ1n) is 27.7. The number of hydrazine groups is 2. The van der Waals surface area contributed by atoms with Gasteiger partial charge in [0.05, 0.1) is 37.9 Å². The molecular weight excluding hydrogens is 1390 g/mol. The summed E-state index contributed by atoms with van der Waals surface area (Å²) in [6.45, 7) is 12.1. The number of phenols is 6. The van der Waals surface area contributed by atoms with Crippen LogP contribution in [0.3, 0.4) is 0 Å². The Bertz CT molecular complexity index is 4260. The van der Waals surface area contributed by atoms with Crippen molar-refractivity contribution in [3.8, 4) is 69.0 Å². The van der Waals surface area contributed by atoms with Crippen LogP contribution < -0.4 is 55.3 Å². The van der Waals surface area contributed by atoms with E-state index in [0.717, 1.165) is 11.3 Å². The summed E-state index contributed by atoms with van der Waals surface area (Å²) in [5, 5.41) is 63.9. The number of sulfonamides is 1. The average Bonchev–Trinajstić information content (AvgIpc) is 1.38. The summed E-state index contributed by atoms with van der Waals surface area (Å²) < 4.78 is 78.5. The average molecular weight is 1460 g/mol. The minimum absolute atomic E-state index is 0. The molecule has 0 saturated carbocycles. The molecule has 0 fully saturated rings. The smallest absolute Gasteiger partial charge is 0.261 e. The Morgan fingerprint density at radius 1 is 0.516 bits per heavy atom. The third-order valence-electron chi connectivity index (χ3n) is 13.4. The molecule has 0 aromatic heterocycles. The number of ether oxygens (including phenoxy) is 6. The summed E-state index contributed by atoms with van der Waals surface area (Å²) in [5.41, 5.74) is 19.9. The van der Waals surface area contributed by atoms with Crippen molar-refractivity contribution in [2.24, 2.45) is 15.8 Å². The molecule has 3 aliphatic heterocycles. The van der Waals surface area contributed by atoms with Gasteiger partial charge in [-0.3, -0.25) is 5.43 Å². The summed E-state index contributed by atoms with van der Waals surface area (Å²) in [6.07, 6.45) is 0. The first-order chi connectivity index (χ1) is 43.8. The molecule has 95 heavy (non-hydrogen) atoms. The van der Waals surface area contributed by atoms with Gasteiger partial charge in [0, 0.05) is 86.9 Å². The van der Waals surface area contributed by atoms with Crippen molar-refractivity contribution >= 4 is 75.7 Å². The molecule has 0 aliphatic carbocycles. The molecule has 1 radical (unpaired) electrons. The van der Waals surface area contributed by atoms with Crippen molar-refractivity contribution in [3.05, 3.63) is 185 Å². The number of hydrogen-bond acceptors (Lipinski definition) is 22. The molecule has 11 rings (SSSR count). The zero-order valence-corrected chi connectivity index (χ0v) is 57.2. The summed E-state index contributed by atoms with van der Waals surface area (Å²) in [6, 6.07) is 40.1. The fraction of sp³-hybridized carbons (Fsp3) is 0.203. The van der Waals surface area contributed by atoms with Crippen LogP contribution in [0.4, 0.5) is 17.1 Å². The second-order valence-corrected chi connectivity index (χ2v) is 25.4. The van der Waals surface area contributed by atoms with Gasteiger partial charge in [-0.15, -0.1) is 4.83 Å². The minimum Gasteiger partial charge on any atom is -0.508 e. The molecule has 16 N–H and O–H groups in total. The zero-order valence-electron chi connectivity index (χ0n) is 51.2. The van der Waals surface area contributed by atoms with Crippen LogP contribution in [0.15, 0.2) is 171 Å². The van der Waals surface area contributed by atoms with Gasteiger partial charge in [0.2, 0.25) is 20.4 Å². The van der Waals surface area contributed by atoms with Gasteiger partial charge in [0.15, 0.2) is 46.2 Å². The molecule has 0 spiro atoms. The Labute approximate surface area is 585 Å². The maximum atomic E-state index is 12.7. The van der Waals surface area contributed by atoms with Crippen LogP contribution in [0.1, 0.15) is 102 Å². The van der Waals surface area contributed by atoms with E-state index in [1.807, 2.05) is 47.6 Å². The predicted molar refractivity (Wildman–Crippen MR) is 362 cm³/mol. The van der Waals surface area contributed by atoms with Gasteiger partial charge in [-0.05, 0) is 113 Å². The molecule has 505 valence electrons. The third-order valence-corrected chi connectivity index (χ3v) is 16.4. The van der Waals surface area contributed by atoms with Gasteiger partial charge in [-0.25, -0.2) is 43.7 Å². The van der Waals surface area contributed by atoms with E-state index < -0.39 is 19.1 Å². The summed E-state index contributed by atoms with van der Waals surface area (Å²) in [5.74, 6) is 9.25. The standard InChI is InChI=1S/C23H23N3O6S.C17H19N3O4.C17H17NO4S.C6H5ClO2S.CH4.H2N2.H2O.Y.H2/c1-14(2)17-11-18(20(28)12-19(17)27)23(24-15-8-9-21-22(10-15)32-13-31-21)25-26-33(29,30)16-6-4-3-5-7-16;1-9(2)11-6-12(14(22)7-13(11)21)17(20-18)19-10-3-4-15-16(5-10)24-8-23-15;1-9(2)11-6-12(14(20)7-13(11)19)17(23)18-10-3-4-15-16(5-10)22-8-21-15;7-10(8,9)6-4-2-1-3-5-6;;1-2;;;/h3-12,14,26-28H,13H2,1-2H3,(H,24,25);3-7,9,21-22H,8,18H2,1-2H3,(H,19,20);3-7,9,19-20H,8H2,1-2H3,(H,18,23);1-5H;1H4;1-2H;1H2;;1H. The quantitative estimate of drug-likeness (QED) is 0.00970. The second-order valence-electron chi connectivity index (χ2n) is 20.7. The van der Waals surface area contributed by atoms with Crippen LogP contribution in [0, 0.1) is 11.1 Å². The number of thiocarbonyl (C=S) groups is 1. The van der Waals surface area contributed by atoms with E-state index in [2.05, 4.69) is 31.0 Å². The fourth-order valence-electron chi connectivity index (χ4n) is 8.75. The van der Waals surface area contributed by atoms with E-state index in [0.29, 0.717) is 73.1 Å². The normalized spacial score (nSPS) is 12.3. The number of phenolic OH excluding ortho intramolecular Hbond substituents is 6. The van der Waals surface area contributed by atoms with Crippen LogP contribution in [-0.4, -0.2) is 90.0 Å². The van der Waals surface area contributed by atoms with E-state index >= 15 is 0 Å². The van der Waals surface area contributed by atoms with Crippen molar-refractivity contribution in [1.82, 2.24) is 15.7 Å². The monoisotopic (exact) mass is 1460 g/mol. The molecular formula is C64H74ClN9O17S3Y. The van der Waals surface area contributed by atoms with E-state index in [4.69, 9.17) is 68.2 Å². The van der Waals surface area contributed by atoms with Gasteiger partial charge in [0.25, 0.3) is 19.1 Å². The number of hydrogen-bond donors (Lipinski definition) is 13. The number of nitrogens with two attached hydrogens (primary N) is 1. The van der Waals surface area contributed by atoms with Crippen LogP contribution in [0.25, 0.3) is 0 Å². The van der Waals surface area contributed by atoms with Crippen LogP contribution >= 0.6 is 22.9 Å². The molecule has 26 nitrogen and oxygen atoms in total. The molecule has 0 unspecified atom stereocenters. The number of aliphatic imine (C=N–C) groups is 2. The number of amidine groups is 2. The van der Waals surface area contributed by atoms with E-state index in [-0.39, 0.29) is 147 Å². The van der Waals surface area contributed by atoms with Gasteiger partial charge in [-0.2, -0.15) is 0 Å². The molecule has 31 heteroatoms. The summed E-state index contributed by atoms with van der Waals surface area (Å²) in [4.78, 5) is 11.8. The number of benzene rings is 8. The fourth-order valence-corrected chi connectivity index (χ4v) is 10.7. The summed E-state index contributed by atoms with van der Waals surface area (Å²) in [7, 11) is -2.43. The molecule has 3 heterocycles. The molecule has 0 amide bonds. The Morgan fingerprint density at radius 3 is 1.27 bits per heavy atom. The Morgan fingerprint density at radius 2 is 0.874 bits per heavy atom. The van der Waals surface area contributed by atoms with Gasteiger partial charge < -0.3 is 75.3 Å². The van der Waals surface area contributed by atoms with Crippen molar-refractivity contribution in [2.75, 3.05) is 25.7 Å². The van der Waals surface area contributed by atoms with Crippen LogP contribution in [-0.2, 0) is 51.8 Å². The molecule has 3 aliphatic rings. The van der Waals surface area contributed by atoms with E-state index in [1.165, 1.54) is 42.5 Å². The number of aromatic hydroxyl groups is 6. The van der Waals surface area contributed by atoms with Gasteiger partial charge in [0.1, 0.15) is 39.5 Å². The third kappa shape index (κ3) is 20.7. The molecule has 0 atom stereocenters. The number of rotatable bonds is 13. The molecule has 8 aromatic rings. The van der Waals surface area contributed by atoms with Crippen molar-refractivity contribution in [2.45, 2.75) is 76.5 Å². The first-order valence-corrected chi connectivity index (χ1v) is 31.9. The van der Waals surface area contributed by atoms with Gasteiger partial charge >= 0.3 is 0 Å². The number of anilines is 1. The first kappa shape index (κ1) is 78.4. The number of nitrogens with one attached hydrogen (secondary N) is 6. The van der Waals surface area contributed by atoms with E-state index in [9.17, 15) is 47.5 Å². The second kappa shape index (κ2) is 35.5. The van der Waals surface area contributed by atoms with E-state index in [1.54, 1.807) is 103 Å². The Balaban J connectivity index is 0.000000343. The molecule has 8 aromatic carbocycles. The van der Waals surface area contributed by atoms with Crippen LogP contribution in [0.5, 0.6) is 69.0 Å². The predicted octanol–water partition coefficient (Wildman–Crippen LogP) is 12.0. The Hall–Kier alpha value is -9.04. The largest absolute Gasteiger partial charge is 0.508 e.